The third kappa shape index (κ3) is 8.92. The van der Waals surface area contributed by atoms with Crippen LogP contribution >= 0.6 is 0 Å². The summed E-state index contributed by atoms with van der Waals surface area (Å²) in [5.41, 5.74) is 7.79. The number of likely N-dealkylation sites (tertiary alicyclic amines) is 1. The lowest BCUT2D eigenvalue weighted by Crippen LogP contribution is -2.56. The second-order valence-electron chi connectivity index (χ2n) is 12.7. The molecule has 3 aliphatic rings. The number of hydrogen-bond donors (Lipinski definition) is 3. The summed E-state index contributed by atoms with van der Waals surface area (Å²) in [5, 5.41) is 6.40. The molecule has 0 bridgehead atoms. The molecule has 0 saturated carbocycles. The fourth-order valence-corrected chi connectivity index (χ4v) is 6.45. The van der Waals surface area contributed by atoms with Crippen molar-refractivity contribution in [1.29, 1.82) is 0 Å². The summed E-state index contributed by atoms with van der Waals surface area (Å²) in [5.74, 6) is -0.667. The molecule has 4 atom stereocenters. The van der Waals surface area contributed by atoms with Crippen LogP contribution in [0.2, 0.25) is 0 Å². The molecule has 1 aromatic rings. The van der Waals surface area contributed by atoms with Crippen LogP contribution in [-0.2, 0) is 25.5 Å². The molecule has 8 heteroatoms. The first-order chi connectivity index (χ1) is 20.0. The number of hydrogen-bond acceptors (Lipinski definition) is 6. The van der Waals surface area contributed by atoms with Gasteiger partial charge in [-0.3, -0.25) is 14.4 Å². The number of nitrogens with two attached hydrogens (primary N) is 1. The summed E-state index contributed by atoms with van der Waals surface area (Å²) in [7, 11) is 0. The number of carbonyl (C=O) groups is 3. The number of benzene rings is 1. The summed E-state index contributed by atoms with van der Waals surface area (Å²) in [4.78, 5) is 42.7. The van der Waals surface area contributed by atoms with E-state index < -0.39 is 17.0 Å². The van der Waals surface area contributed by atoms with E-state index in [1.807, 2.05) is 69.5 Å². The van der Waals surface area contributed by atoms with Gasteiger partial charge in [-0.05, 0) is 77.1 Å². The fraction of sp³-hybridized carbons (Fsp3) is 0.514. The van der Waals surface area contributed by atoms with Crippen LogP contribution in [0.3, 0.4) is 0 Å². The van der Waals surface area contributed by atoms with Crippen molar-refractivity contribution in [3.63, 3.8) is 0 Å². The predicted octanol–water partition coefficient (Wildman–Crippen LogP) is 4.58. The van der Waals surface area contributed by atoms with E-state index in [-0.39, 0.29) is 50.3 Å². The van der Waals surface area contributed by atoms with Crippen LogP contribution < -0.4 is 16.4 Å². The first-order valence-corrected chi connectivity index (χ1v) is 15.1. The van der Waals surface area contributed by atoms with Crippen LogP contribution in [0.4, 0.5) is 0 Å². The van der Waals surface area contributed by atoms with E-state index in [1.54, 1.807) is 11.8 Å². The zero-order chi connectivity index (χ0) is 30.3. The average molecular weight is 591 g/mol. The minimum atomic E-state index is -0.848. The van der Waals surface area contributed by atoms with Crippen LogP contribution in [0.1, 0.15) is 66.4 Å². The summed E-state index contributed by atoms with van der Waals surface area (Å²) >= 11 is 0. The van der Waals surface area contributed by atoms with Crippen LogP contribution in [0.25, 0.3) is 0 Å². The number of ether oxygens (including phenoxy) is 1. The molecule has 4 N–H and O–H groups in total. The van der Waals surface area contributed by atoms with Gasteiger partial charge in [0.05, 0.1) is 18.1 Å². The summed E-state index contributed by atoms with van der Waals surface area (Å²) in [6, 6.07) is 9.23. The number of nitrogens with zero attached hydrogens (tertiary/aromatic N) is 1. The molecular formula is C35H50N4O4. The standard InChI is InChI=1S/C34H46N4O4.CH4/c1-5-42-32(41)34(21-25-12-7-6-8-13-25)16-11-17-38(23-34)31(40)29(37-30(39)18-24(2)20-33(3,4)35)19-26-22-36-28-15-10-9-14-27(26)28;/h6-10,12-15,18,22,27-29,36H,5,11,16-17,19-21,23,35H2,1-4H3,(H,37,39);1H4/b24-18+;/t27?,28?,29-,34+;/m1./s1. The van der Waals surface area contributed by atoms with E-state index in [4.69, 9.17) is 10.5 Å². The number of esters is 1. The Hall–Kier alpha value is -3.65. The molecule has 0 radical (unpaired) electrons. The molecule has 2 unspecified atom stereocenters. The first-order valence-electron chi connectivity index (χ1n) is 15.1. The van der Waals surface area contributed by atoms with Crippen molar-refractivity contribution in [3.05, 3.63) is 83.6 Å². The van der Waals surface area contributed by atoms with Crippen molar-refractivity contribution >= 4 is 17.8 Å². The van der Waals surface area contributed by atoms with E-state index >= 15 is 0 Å². The second kappa shape index (κ2) is 14.7. The van der Waals surface area contributed by atoms with Gasteiger partial charge in [0.2, 0.25) is 11.8 Å². The number of rotatable bonds is 11. The molecule has 8 nitrogen and oxygen atoms in total. The van der Waals surface area contributed by atoms with Crippen molar-refractivity contribution < 1.29 is 19.1 Å². The van der Waals surface area contributed by atoms with Crippen molar-refractivity contribution in [1.82, 2.24) is 15.5 Å². The molecule has 1 saturated heterocycles. The average Bonchev–Trinajstić information content (AvgIpc) is 3.34. The van der Waals surface area contributed by atoms with Crippen LogP contribution in [0, 0.1) is 11.3 Å². The van der Waals surface area contributed by atoms with E-state index in [2.05, 4.69) is 22.8 Å². The maximum absolute atomic E-state index is 14.3. The van der Waals surface area contributed by atoms with Crippen LogP contribution in [0.5, 0.6) is 0 Å². The Bertz CT molecular complexity index is 1260. The van der Waals surface area contributed by atoms with E-state index in [9.17, 15) is 14.4 Å². The third-order valence-electron chi connectivity index (χ3n) is 8.17. The van der Waals surface area contributed by atoms with E-state index in [0.717, 1.165) is 16.7 Å². The van der Waals surface area contributed by atoms with Gasteiger partial charge in [-0.25, -0.2) is 0 Å². The number of piperidine rings is 1. The Kier molecular flexibility index (Phi) is 11.6. The highest BCUT2D eigenvalue weighted by atomic mass is 16.5. The van der Waals surface area contributed by atoms with Crippen molar-refractivity contribution in [2.24, 2.45) is 17.1 Å². The number of carbonyl (C=O) groups excluding carboxylic acids is 3. The van der Waals surface area contributed by atoms with Gasteiger partial charge >= 0.3 is 5.97 Å². The predicted molar refractivity (Wildman–Crippen MR) is 172 cm³/mol. The highest BCUT2D eigenvalue weighted by molar-refractivity contribution is 5.94. The molecule has 2 aliphatic heterocycles. The van der Waals surface area contributed by atoms with Gasteiger partial charge in [-0.1, -0.05) is 67.6 Å². The summed E-state index contributed by atoms with van der Waals surface area (Å²) in [6.07, 6.45) is 14.5. The Morgan fingerprint density at radius 1 is 1.21 bits per heavy atom. The SMILES string of the molecule is C.CCOC(=O)[C@]1(Cc2ccccc2)CCCN(C(=O)[C@@H](CC2=CNC3C=CC=CC23)NC(=O)/C=C(\C)CC(C)(C)N)C1. The summed E-state index contributed by atoms with van der Waals surface area (Å²) in [6.45, 7) is 8.55. The van der Waals surface area contributed by atoms with Gasteiger partial charge < -0.3 is 26.0 Å². The molecule has 0 spiro atoms. The molecule has 1 aromatic carbocycles. The highest BCUT2D eigenvalue weighted by Gasteiger charge is 2.46. The molecule has 0 aromatic heterocycles. The molecule has 1 aliphatic carbocycles. The largest absolute Gasteiger partial charge is 0.466 e. The molecular weight excluding hydrogens is 540 g/mol. The topological polar surface area (TPSA) is 114 Å². The van der Waals surface area contributed by atoms with Gasteiger partial charge in [-0.15, -0.1) is 0 Å². The van der Waals surface area contributed by atoms with Gasteiger partial charge in [0.25, 0.3) is 0 Å². The van der Waals surface area contributed by atoms with Gasteiger partial charge in [-0.2, -0.15) is 0 Å². The third-order valence-corrected chi connectivity index (χ3v) is 8.17. The molecule has 43 heavy (non-hydrogen) atoms. The van der Waals surface area contributed by atoms with Crippen molar-refractivity contribution in [2.75, 3.05) is 19.7 Å². The number of allylic oxidation sites excluding steroid dienone is 2. The molecule has 2 heterocycles. The lowest BCUT2D eigenvalue weighted by atomic mass is 9.74. The Morgan fingerprint density at radius 3 is 2.63 bits per heavy atom. The normalized spacial score (nSPS) is 23.8. The zero-order valence-electron chi connectivity index (χ0n) is 25.4. The molecule has 1 fully saturated rings. The van der Waals surface area contributed by atoms with E-state index in [0.29, 0.717) is 38.6 Å². The highest BCUT2D eigenvalue weighted by Crippen LogP contribution is 2.36. The van der Waals surface area contributed by atoms with Crippen LogP contribution in [0.15, 0.2) is 78.1 Å². The Labute approximate surface area is 257 Å². The summed E-state index contributed by atoms with van der Waals surface area (Å²) < 4.78 is 5.56. The number of nitrogens with one attached hydrogen (secondary N) is 2. The maximum atomic E-state index is 14.3. The fourth-order valence-electron chi connectivity index (χ4n) is 6.45. The lowest BCUT2D eigenvalue weighted by molar-refractivity contribution is -0.161. The monoisotopic (exact) mass is 590 g/mol. The Morgan fingerprint density at radius 2 is 1.93 bits per heavy atom. The number of fused-ring (bicyclic) bond motifs is 1. The van der Waals surface area contributed by atoms with Gasteiger partial charge in [0.15, 0.2) is 0 Å². The van der Waals surface area contributed by atoms with Gasteiger partial charge in [0.1, 0.15) is 6.04 Å². The van der Waals surface area contributed by atoms with Gasteiger partial charge in [0, 0.05) is 30.6 Å². The first kappa shape index (κ1) is 33.8. The minimum Gasteiger partial charge on any atom is -0.466 e. The lowest BCUT2D eigenvalue weighted by Gasteiger charge is -2.42. The molecule has 4 rings (SSSR count). The zero-order valence-corrected chi connectivity index (χ0v) is 25.4. The smallest absolute Gasteiger partial charge is 0.314 e. The quantitative estimate of drug-likeness (QED) is 0.257. The second-order valence-corrected chi connectivity index (χ2v) is 12.7. The minimum absolute atomic E-state index is 0. The van der Waals surface area contributed by atoms with Crippen molar-refractivity contribution in [2.45, 2.75) is 84.8 Å². The number of amides is 2. The maximum Gasteiger partial charge on any atom is 0.314 e. The Balaban J connectivity index is 0.00000506. The van der Waals surface area contributed by atoms with E-state index in [1.165, 1.54) is 6.08 Å². The van der Waals surface area contributed by atoms with Crippen molar-refractivity contribution in [3.8, 4) is 0 Å². The molecule has 234 valence electrons. The molecule has 2 amide bonds. The van der Waals surface area contributed by atoms with Crippen LogP contribution in [-0.4, -0.2) is 60.0 Å².